The van der Waals surface area contributed by atoms with E-state index >= 15 is 0 Å². The minimum Gasteiger partial charge on any atom is -0.480 e. The lowest BCUT2D eigenvalue weighted by Crippen LogP contribution is -2.34. The average molecular weight is 912 g/mol. The third-order valence-electron chi connectivity index (χ3n) is 9.79. The van der Waals surface area contributed by atoms with Crippen molar-refractivity contribution < 1.29 is 62.8 Å². The molecule has 0 amide bonds. The summed E-state index contributed by atoms with van der Waals surface area (Å²) in [4.78, 5) is 46.1. The number of phosphoric ester groups is 1. The fourth-order valence-electron chi connectivity index (χ4n) is 5.95. The van der Waals surface area contributed by atoms with E-state index in [9.17, 15) is 39.2 Å². The predicted octanol–water partition coefficient (Wildman–Crippen LogP) is 9.42. The monoisotopic (exact) mass is 912 g/mol. The number of aliphatic hydroxyl groups is 3. The highest BCUT2D eigenvalue weighted by molar-refractivity contribution is 7.47. The van der Waals surface area contributed by atoms with Gasteiger partial charge in [0.2, 0.25) is 0 Å². The minimum atomic E-state index is -4.81. The zero-order chi connectivity index (χ0) is 46.8. The van der Waals surface area contributed by atoms with E-state index in [0.717, 1.165) is 64.2 Å². The van der Waals surface area contributed by atoms with Crippen molar-refractivity contribution in [1.29, 1.82) is 0 Å². The third-order valence-corrected chi connectivity index (χ3v) is 10.7. The normalized spacial score (nSPS) is 15.8. The number of hydrogen-bond acceptors (Lipinski definition) is 12. The van der Waals surface area contributed by atoms with Crippen molar-refractivity contribution in [1.82, 2.24) is 0 Å². The van der Waals surface area contributed by atoms with Crippen molar-refractivity contribution in [2.45, 2.75) is 192 Å². The maximum Gasteiger partial charge on any atom is 0.472 e. The van der Waals surface area contributed by atoms with Crippen molar-refractivity contribution in [2.24, 2.45) is 5.73 Å². The van der Waals surface area contributed by atoms with Crippen LogP contribution < -0.4 is 5.73 Å². The summed E-state index contributed by atoms with van der Waals surface area (Å²) in [6, 6.07) is -1.58. The molecule has 0 aromatic carbocycles. The first-order valence-electron chi connectivity index (χ1n) is 23.3. The highest BCUT2D eigenvalue weighted by Gasteiger charge is 2.28. The first-order valence-corrected chi connectivity index (χ1v) is 24.8. The standard InChI is InChI=1S/C48H82NO13P/c1-3-5-7-8-9-10-11-12-13-14-15-16-17-18-19-20-21-26-30-36-47(54)62-42(39-60-63(57,58)61-40-43(49)48(55)56)38-59-46(53)37-31-35-45(52)44(51)34-29-25-23-22-24-28-33-41(50)32-27-6-4-2/h9-10,12-13,22-25,28-29,33-34,41-45,50-52H,3-8,11,14-21,26-27,30-32,35-40,49H2,1-2H3,(H,55,56)(H,57,58)/b10-9-,13-12-,24-22-,25-23+,33-28+,34-29+/t41-,42-,43+,44-,45-/m1/s1. The van der Waals surface area contributed by atoms with Gasteiger partial charge in [-0.2, -0.15) is 0 Å². The van der Waals surface area contributed by atoms with Crippen LogP contribution in [0.1, 0.15) is 162 Å². The van der Waals surface area contributed by atoms with Gasteiger partial charge in [-0.1, -0.05) is 164 Å². The maximum absolute atomic E-state index is 12.7. The number of rotatable bonds is 42. The number of allylic oxidation sites excluding steroid dienone is 10. The Hall–Kier alpha value is -3.20. The number of aliphatic carboxylic acids is 1. The molecule has 362 valence electrons. The van der Waals surface area contributed by atoms with Crippen molar-refractivity contribution in [2.75, 3.05) is 19.8 Å². The molecule has 0 saturated carbocycles. The number of carboxylic acid groups (broad SMARTS) is 1. The largest absolute Gasteiger partial charge is 0.480 e. The number of nitrogens with two attached hydrogens (primary N) is 1. The molecule has 1 unspecified atom stereocenters. The molecule has 15 heteroatoms. The van der Waals surface area contributed by atoms with Gasteiger partial charge >= 0.3 is 25.7 Å². The quantitative estimate of drug-likeness (QED) is 0.0110. The molecule has 0 saturated heterocycles. The second-order valence-electron chi connectivity index (χ2n) is 15.7. The minimum absolute atomic E-state index is 0.0795. The summed E-state index contributed by atoms with van der Waals surface area (Å²) < 4.78 is 32.5. The van der Waals surface area contributed by atoms with E-state index < -0.39 is 76.0 Å². The number of esters is 2. The molecule has 0 aliphatic heterocycles. The van der Waals surface area contributed by atoms with Crippen LogP contribution in [-0.2, 0) is 37.5 Å². The van der Waals surface area contributed by atoms with Gasteiger partial charge in [-0.05, 0) is 57.8 Å². The Morgan fingerprint density at radius 1 is 0.603 bits per heavy atom. The zero-order valence-corrected chi connectivity index (χ0v) is 39.1. The van der Waals surface area contributed by atoms with Crippen LogP contribution in [0.25, 0.3) is 0 Å². The first kappa shape index (κ1) is 59.8. The summed E-state index contributed by atoms with van der Waals surface area (Å²) in [5.74, 6) is -2.76. The maximum atomic E-state index is 12.7. The fourth-order valence-corrected chi connectivity index (χ4v) is 6.73. The molecule has 0 spiro atoms. The van der Waals surface area contributed by atoms with Gasteiger partial charge in [-0.25, -0.2) is 4.57 Å². The molecule has 0 rings (SSSR count). The average Bonchev–Trinajstić information content (AvgIpc) is 3.25. The van der Waals surface area contributed by atoms with Crippen LogP contribution in [0.3, 0.4) is 0 Å². The second-order valence-corrected chi connectivity index (χ2v) is 17.2. The number of aliphatic hydroxyl groups excluding tert-OH is 3. The summed E-state index contributed by atoms with van der Waals surface area (Å²) in [6.07, 6.45) is 39.0. The van der Waals surface area contributed by atoms with Crippen molar-refractivity contribution in [3.8, 4) is 0 Å². The molecule has 7 N–H and O–H groups in total. The molecule has 0 radical (unpaired) electrons. The topological polar surface area (TPSA) is 232 Å². The molecule has 6 atom stereocenters. The van der Waals surface area contributed by atoms with E-state index in [1.54, 1.807) is 42.5 Å². The number of phosphoric acid groups is 1. The molecule has 0 aromatic rings. The molecule has 0 aliphatic carbocycles. The molecule has 0 aliphatic rings. The Kier molecular flexibility index (Phi) is 39.4. The molecular formula is C48H82NO13P. The fraction of sp³-hybridized carbons (Fsp3) is 0.688. The van der Waals surface area contributed by atoms with Crippen LogP contribution >= 0.6 is 7.82 Å². The Bertz CT molecular complexity index is 1400. The molecule has 63 heavy (non-hydrogen) atoms. The summed E-state index contributed by atoms with van der Waals surface area (Å²) in [7, 11) is -4.81. The van der Waals surface area contributed by atoms with E-state index in [1.807, 2.05) is 0 Å². The molecule has 0 bridgehead atoms. The lowest BCUT2D eigenvalue weighted by atomic mass is 10.1. The van der Waals surface area contributed by atoms with Gasteiger partial charge in [0, 0.05) is 12.8 Å². The van der Waals surface area contributed by atoms with Crippen LogP contribution in [0.5, 0.6) is 0 Å². The Morgan fingerprint density at radius 3 is 1.75 bits per heavy atom. The predicted molar refractivity (Wildman–Crippen MR) is 249 cm³/mol. The smallest absolute Gasteiger partial charge is 0.472 e. The highest BCUT2D eigenvalue weighted by atomic mass is 31.2. The SMILES string of the molecule is CCCCC/C=C\C/C=C\CCCCCCCCCCCC(=O)O[C@H](COC(=O)CCC[C@@H](O)[C@H](O)/C=C/C=C/C=C\C=C\[C@H](O)CCCCC)COP(=O)(O)OC[C@H](N)C(=O)O. The Morgan fingerprint density at radius 2 is 1.13 bits per heavy atom. The van der Waals surface area contributed by atoms with E-state index in [4.69, 9.17) is 24.8 Å². The van der Waals surface area contributed by atoms with Crippen LogP contribution in [0.2, 0.25) is 0 Å². The lowest BCUT2D eigenvalue weighted by Gasteiger charge is -2.20. The number of carbonyl (C=O) groups is 3. The second kappa shape index (κ2) is 41.5. The summed E-state index contributed by atoms with van der Waals surface area (Å²) >= 11 is 0. The van der Waals surface area contributed by atoms with E-state index in [0.29, 0.717) is 6.42 Å². The van der Waals surface area contributed by atoms with Crippen LogP contribution in [0.4, 0.5) is 0 Å². The number of carbonyl (C=O) groups excluding carboxylic acids is 2. The first-order chi connectivity index (χ1) is 30.3. The van der Waals surface area contributed by atoms with Gasteiger partial charge in [0.05, 0.1) is 31.5 Å². The third kappa shape index (κ3) is 40.1. The Labute approximate surface area is 378 Å². The Balaban J connectivity index is 4.63. The molecule has 14 nitrogen and oxygen atoms in total. The van der Waals surface area contributed by atoms with E-state index in [2.05, 4.69) is 42.7 Å². The molecule has 0 aromatic heterocycles. The number of carboxylic acids is 1. The molecule has 0 heterocycles. The van der Waals surface area contributed by atoms with Gasteiger partial charge in [0.1, 0.15) is 12.6 Å². The summed E-state index contributed by atoms with van der Waals surface area (Å²) in [5.41, 5.74) is 5.32. The molecular weight excluding hydrogens is 829 g/mol. The number of hydrogen-bond donors (Lipinski definition) is 6. The van der Waals surface area contributed by atoms with Crippen LogP contribution in [-0.4, -0.2) is 93.5 Å². The van der Waals surface area contributed by atoms with Crippen LogP contribution in [0.15, 0.2) is 72.9 Å². The van der Waals surface area contributed by atoms with Gasteiger partial charge in [0.25, 0.3) is 0 Å². The van der Waals surface area contributed by atoms with E-state index in [1.165, 1.54) is 57.4 Å². The summed E-state index contributed by atoms with van der Waals surface area (Å²) in [6.45, 7) is 2.32. The zero-order valence-electron chi connectivity index (χ0n) is 38.2. The number of unbranched alkanes of at least 4 members (excludes halogenated alkanes) is 14. The van der Waals surface area contributed by atoms with Gasteiger partial charge in [-0.3, -0.25) is 23.4 Å². The van der Waals surface area contributed by atoms with Crippen molar-refractivity contribution in [3.63, 3.8) is 0 Å². The van der Waals surface area contributed by atoms with Gasteiger partial charge in [-0.15, -0.1) is 0 Å². The van der Waals surface area contributed by atoms with Crippen molar-refractivity contribution >= 4 is 25.7 Å². The highest BCUT2D eigenvalue weighted by Crippen LogP contribution is 2.43. The number of ether oxygens (including phenoxy) is 2. The van der Waals surface area contributed by atoms with Gasteiger partial charge in [0.15, 0.2) is 6.10 Å². The van der Waals surface area contributed by atoms with Crippen molar-refractivity contribution in [3.05, 3.63) is 72.9 Å². The summed E-state index contributed by atoms with van der Waals surface area (Å²) in [5, 5.41) is 39.4. The van der Waals surface area contributed by atoms with E-state index in [-0.39, 0.29) is 25.7 Å². The van der Waals surface area contributed by atoms with Gasteiger partial charge < -0.3 is 40.5 Å². The lowest BCUT2D eigenvalue weighted by molar-refractivity contribution is -0.161. The molecule has 0 fully saturated rings. The van der Waals surface area contributed by atoms with Crippen LogP contribution in [0, 0.1) is 0 Å².